The van der Waals surface area contributed by atoms with Crippen molar-refractivity contribution in [2.24, 2.45) is 0 Å². The highest BCUT2D eigenvalue weighted by Gasteiger charge is 2.41. The van der Waals surface area contributed by atoms with E-state index in [4.69, 9.17) is 0 Å². The third-order valence-electron chi connectivity index (χ3n) is 4.81. The molecule has 4 rings (SSSR count). The molecule has 0 saturated heterocycles. The van der Waals surface area contributed by atoms with Gasteiger partial charge in [-0.05, 0) is 41.1 Å². The number of anilines is 2. The van der Waals surface area contributed by atoms with Crippen LogP contribution in [-0.4, -0.2) is 14.2 Å². The molecular formula is C22H20N2O3S2. The lowest BCUT2D eigenvalue weighted by Crippen LogP contribution is -2.38. The standard InChI is InChI=1S/C22H20N2O3S2/c1-2-16-8-10-18(11-9-16)23-14-20-21(25)22-19(12-13-28-22)24(29(20,26)27)15-17-6-4-3-5-7-17/h3-14,23H,2,15H2,1H3/b20-14-. The van der Waals surface area contributed by atoms with Crippen LogP contribution in [0.3, 0.4) is 0 Å². The highest BCUT2D eigenvalue weighted by Crippen LogP contribution is 2.39. The number of nitrogens with zero attached hydrogens (tertiary/aromatic N) is 1. The van der Waals surface area contributed by atoms with Crippen molar-refractivity contribution in [1.82, 2.24) is 0 Å². The summed E-state index contributed by atoms with van der Waals surface area (Å²) >= 11 is 1.25. The van der Waals surface area contributed by atoms with E-state index in [9.17, 15) is 13.2 Å². The molecule has 2 aromatic carbocycles. The van der Waals surface area contributed by atoms with E-state index >= 15 is 0 Å². The Morgan fingerprint density at radius 1 is 1.00 bits per heavy atom. The van der Waals surface area contributed by atoms with Gasteiger partial charge in [0.15, 0.2) is 4.91 Å². The van der Waals surface area contributed by atoms with Gasteiger partial charge in [0.1, 0.15) is 4.88 Å². The lowest BCUT2D eigenvalue weighted by molar-refractivity contribution is 0.104. The number of carbonyl (C=O) groups excluding carboxylic acids is 1. The maximum absolute atomic E-state index is 13.3. The summed E-state index contributed by atoms with van der Waals surface area (Å²) in [5, 5.41) is 4.72. The summed E-state index contributed by atoms with van der Waals surface area (Å²) in [5.41, 5.74) is 3.20. The summed E-state index contributed by atoms with van der Waals surface area (Å²) in [5.74, 6) is -0.475. The maximum Gasteiger partial charge on any atom is 0.270 e. The van der Waals surface area contributed by atoms with Gasteiger partial charge in [-0.1, -0.05) is 49.4 Å². The predicted molar refractivity (Wildman–Crippen MR) is 118 cm³/mol. The molecule has 0 aliphatic carbocycles. The number of fused-ring (bicyclic) bond motifs is 1. The third-order valence-corrected chi connectivity index (χ3v) is 7.48. The quantitative estimate of drug-likeness (QED) is 0.598. The van der Waals surface area contributed by atoms with Crippen molar-refractivity contribution < 1.29 is 13.2 Å². The molecular weight excluding hydrogens is 404 g/mol. The van der Waals surface area contributed by atoms with E-state index in [1.807, 2.05) is 54.6 Å². The Morgan fingerprint density at radius 2 is 1.72 bits per heavy atom. The molecule has 0 amide bonds. The molecule has 0 saturated carbocycles. The van der Waals surface area contributed by atoms with E-state index in [-0.39, 0.29) is 11.4 Å². The SMILES string of the molecule is CCc1ccc(N/C=C2/C(=O)c3sccc3N(Cc3ccccc3)S2(=O)=O)cc1. The van der Waals surface area contributed by atoms with Gasteiger partial charge in [0.2, 0.25) is 5.78 Å². The summed E-state index contributed by atoms with van der Waals surface area (Å²) in [6.45, 7) is 2.24. The number of nitrogens with one attached hydrogen (secondary N) is 1. The van der Waals surface area contributed by atoms with Crippen molar-refractivity contribution in [3.63, 3.8) is 0 Å². The number of rotatable bonds is 5. The fraction of sp³-hybridized carbons (Fsp3) is 0.136. The molecule has 1 aromatic heterocycles. The molecule has 1 aliphatic rings. The van der Waals surface area contributed by atoms with Crippen LogP contribution >= 0.6 is 11.3 Å². The van der Waals surface area contributed by atoms with Crippen molar-refractivity contribution in [1.29, 1.82) is 0 Å². The normalized spacial score (nSPS) is 16.7. The van der Waals surface area contributed by atoms with Gasteiger partial charge in [0, 0.05) is 11.9 Å². The maximum atomic E-state index is 13.3. The number of hydrogen-bond donors (Lipinski definition) is 1. The molecule has 0 fully saturated rings. The molecule has 0 bridgehead atoms. The number of sulfonamides is 1. The number of Topliss-reactive ketones (excluding diaryl/α,β-unsaturated/α-hetero) is 1. The highest BCUT2D eigenvalue weighted by molar-refractivity contribution is 7.97. The van der Waals surface area contributed by atoms with Crippen LogP contribution in [0.5, 0.6) is 0 Å². The summed E-state index contributed by atoms with van der Waals surface area (Å²) in [6.07, 6.45) is 2.23. The van der Waals surface area contributed by atoms with Crippen LogP contribution in [-0.2, 0) is 23.0 Å². The van der Waals surface area contributed by atoms with Crippen LogP contribution in [0.25, 0.3) is 0 Å². The first-order chi connectivity index (χ1) is 14.0. The zero-order valence-corrected chi connectivity index (χ0v) is 17.5. The monoisotopic (exact) mass is 424 g/mol. The molecule has 29 heavy (non-hydrogen) atoms. The Kier molecular flexibility index (Phi) is 5.25. The molecule has 0 atom stereocenters. The predicted octanol–water partition coefficient (Wildman–Crippen LogP) is 4.80. The summed E-state index contributed by atoms with van der Waals surface area (Å²) in [7, 11) is -3.99. The summed E-state index contributed by atoms with van der Waals surface area (Å²) < 4.78 is 27.9. The van der Waals surface area contributed by atoms with Gasteiger partial charge < -0.3 is 5.32 Å². The second kappa shape index (κ2) is 7.85. The number of carbonyl (C=O) groups is 1. The summed E-state index contributed by atoms with van der Waals surface area (Å²) in [6, 6.07) is 18.7. The fourth-order valence-corrected chi connectivity index (χ4v) is 5.67. The number of allylic oxidation sites excluding steroid dienone is 1. The minimum atomic E-state index is -3.99. The fourth-order valence-electron chi connectivity index (χ4n) is 3.19. The number of benzene rings is 2. The summed E-state index contributed by atoms with van der Waals surface area (Å²) in [4.78, 5) is 13.1. The van der Waals surface area contributed by atoms with E-state index in [0.717, 1.165) is 17.7 Å². The van der Waals surface area contributed by atoms with Crippen LogP contribution in [0.2, 0.25) is 0 Å². The first-order valence-electron chi connectivity index (χ1n) is 9.25. The van der Waals surface area contributed by atoms with Crippen LogP contribution in [0.1, 0.15) is 27.7 Å². The smallest absolute Gasteiger partial charge is 0.270 e. The van der Waals surface area contributed by atoms with E-state index in [1.54, 1.807) is 11.4 Å². The van der Waals surface area contributed by atoms with Gasteiger partial charge in [-0.25, -0.2) is 8.42 Å². The van der Waals surface area contributed by atoms with Gasteiger partial charge in [-0.2, -0.15) is 0 Å². The van der Waals surface area contributed by atoms with Crippen molar-refractivity contribution >= 4 is 38.5 Å². The topological polar surface area (TPSA) is 66.5 Å². The Morgan fingerprint density at radius 3 is 2.41 bits per heavy atom. The molecule has 0 unspecified atom stereocenters. The molecule has 2 heterocycles. The van der Waals surface area contributed by atoms with E-state index in [1.165, 1.54) is 27.4 Å². The molecule has 0 spiro atoms. The van der Waals surface area contributed by atoms with Gasteiger partial charge >= 0.3 is 0 Å². The number of aryl methyl sites for hydroxylation is 1. The molecule has 7 heteroatoms. The molecule has 3 aromatic rings. The Labute approximate surface area is 174 Å². The Bertz CT molecular complexity index is 1160. The molecule has 1 aliphatic heterocycles. The average Bonchev–Trinajstić information content (AvgIpc) is 3.22. The van der Waals surface area contributed by atoms with E-state index in [0.29, 0.717) is 10.6 Å². The van der Waals surface area contributed by atoms with Gasteiger partial charge in [-0.15, -0.1) is 11.3 Å². The van der Waals surface area contributed by atoms with Gasteiger partial charge in [0.25, 0.3) is 10.0 Å². The number of hydrogen-bond acceptors (Lipinski definition) is 5. The van der Waals surface area contributed by atoms with Crippen LogP contribution < -0.4 is 9.62 Å². The minimum Gasteiger partial charge on any atom is -0.360 e. The third kappa shape index (κ3) is 3.71. The molecule has 148 valence electrons. The number of thiophene rings is 1. The van der Waals surface area contributed by atoms with Crippen LogP contribution in [0.4, 0.5) is 11.4 Å². The first kappa shape index (κ1) is 19.4. The lowest BCUT2D eigenvalue weighted by atomic mass is 10.1. The Hall–Kier alpha value is -2.90. The molecule has 1 N–H and O–H groups in total. The second-order valence-corrected chi connectivity index (χ2v) is 9.41. The van der Waals surface area contributed by atoms with Crippen molar-refractivity contribution in [2.75, 3.05) is 9.62 Å². The number of ketones is 1. The first-order valence-corrected chi connectivity index (χ1v) is 11.6. The van der Waals surface area contributed by atoms with Crippen LogP contribution in [0, 0.1) is 0 Å². The highest BCUT2D eigenvalue weighted by atomic mass is 32.2. The lowest BCUT2D eigenvalue weighted by Gasteiger charge is -2.29. The van der Waals surface area contributed by atoms with Gasteiger partial charge in [0.05, 0.1) is 12.2 Å². The molecule has 5 nitrogen and oxygen atoms in total. The van der Waals surface area contributed by atoms with Crippen molar-refractivity contribution in [3.05, 3.63) is 93.2 Å². The Balaban J connectivity index is 1.71. The molecule has 0 radical (unpaired) electrons. The largest absolute Gasteiger partial charge is 0.360 e. The van der Waals surface area contributed by atoms with E-state index in [2.05, 4.69) is 12.2 Å². The van der Waals surface area contributed by atoms with E-state index < -0.39 is 15.8 Å². The zero-order valence-electron chi connectivity index (χ0n) is 15.8. The zero-order chi connectivity index (χ0) is 20.4. The van der Waals surface area contributed by atoms with Crippen molar-refractivity contribution in [3.8, 4) is 0 Å². The average molecular weight is 425 g/mol. The minimum absolute atomic E-state index is 0.169. The van der Waals surface area contributed by atoms with Crippen LogP contribution in [0.15, 0.2) is 77.1 Å². The van der Waals surface area contributed by atoms with Gasteiger partial charge in [-0.3, -0.25) is 9.10 Å². The second-order valence-electron chi connectivity index (χ2n) is 6.66. The van der Waals surface area contributed by atoms with Crippen molar-refractivity contribution in [2.45, 2.75) is 19.9 Å².